The van der Waals surface area contributed by atoms with Gasteiger partial charge in [-0.05, 0) is 45.6 Å². The molecule has 0 spiro atoms. The molecule has 110 valence electrons. The summed E-state index contributed by atoms with van der Waals surface area (Å²) in [5.74, 6) is 0.168. The molecule has 0 saturated carbocycles. The Morgan fingerprint density at radius 3 is 2.40 bits per heavy atom. The number of quaternary nitrogens is 1. The molecule has 2 N–H and O–H groups in total. The molecule has 1 aliphatic heterocycles. The summed E-state index contributed by atoms with van der Waals surface area (Å²) in [6.07, 6.45) is 3.78. The number of rotatable bonds is 4. The topological polar surface area (TPSA) is 33.5 Å². The number of nitrogens with one attached hydrogen (secondary N) is 2. The van der Waals surface area contributed by atoms with Gasteiger partial charge in [-0.1, -0.05) is 29.8 Å². The first-order valence-electron chi connectivity index (χ1n) is 7.74. The molecule has 3 nitrogen and oxygen atoms in total. The molecule has 1 amide bonds. The Hall–Kier alpha value is -1.35. The molecule has 1 fully saturated rings. The Labute approximate surface area is 122 Å². The Morgan fingerprint density at radius 1 is 1.20 bits per heavy atom. The molecule has 2 atom stereocenters. The van der Waals surface area contributed by atoms with Crippen LogP contribution in [0.4, 0.5) is 0 Å². The highest BCUT2D eigenvalue weighted by Gasteiger charge is 2.29. The fourth-order valence-electron chi connectivity index (χ4n) is 3.09. The molecular weight excluding hydrogens is 248 g/mol. The van der Waals surface area contributed by atoms with E-state index in [9.17, 15) is 4.79 Å². The highest BCUT2D eigenvalue weighted by molar-refractivity contribution is 5.76. The predicted molar refractivity (Wildman–Crippen MR) is 81.6 cm³/mol. The molecule has 0 unspecified atom stereocenters. The summed E-state index contributed by atoms with van der Waals surface area (Å²) in [5.41, 5.74) is 2.42. The number of benzene rings is 1. The van der Waals surface area contributed by atoms with Crippen molar-refractivity contribution in [3.8, 4) is 0 Å². The summed E-state index contributed by atoms with van der Waals surface area (Å²) in [6.45, 7) is 7.84. The quantitative estimate of drug-likeness (QED) is 0.857. The van der Waals surface area contributed by atoms with Crippen LogP contribution in [0.25, 0.3) is 0 Å². The van der Waals surface area contributed by atoms with Gasteiger partial charge in [-0.15, -0.1) is 0 Å². The van der Waals surface area contributed by atoms with Crippen molar-refractivity contribution in [1.82, 2.24) is 5.32 Å². The average molecular weight is 275 g/mol. The Balaban J connectivity index is 1.81. The van der Waals surface area contributed by atoms with E-state index in [1.54, 1.807) is 0 Å². The zero-order chi connectivity index (χ0) is 14.5. The summed E-state index contributed by atoms with van der Waals surface area (Å²) in [4.78, 5) is 13.6. The molecule has 1 aromatic rings. The number of carbonyl (C=O) groups is 1. The van der Waals surface area contributed by atoms with Gasteiger partial charge in [-0.3, -0.25) is 4.79 Å². The number of hydrogen-bond donors (Lipinski definition) is 2. The third kappa shape index (κ3) is 4.07. The van der Waals surface area contributed by atoms with Crippen LogP contribution in [-0.4, -0.2) is 24.5 Å². The zero-order valence-electron chi connectivity index (χ0n) is 12.9. The second kappa shape index (κ2) is 6.89. The number of hydrogen-bond acceptors (Lipinski definition) is 1. The fraction of sp³-hybridized carbons (Fsp3) is 0.588. The van der Waals surface area contributed by atoms with Gasteiger partial charge in [-0.2, -0.15) is 0 Å². The highest BCUT2D eigenvalue weighted by atomic mass is 16.2. The lowest BCUT2D eigenvalue weighted by atomic mass is 9.97. The highest BCUT2D eigenvalue weighted by Crippen LogP contribution is 2.07. The molecular formula is C17H27N2O+. The Morgan fingerprint density at radius 2 is 1.80 bits per heavy atom. The van der Waals surface area contributed by atoms with Gasteiger partial charge in [0.15, 0.2) is 6.54 Å². The number of piperidine rings is 1. The Kier molecular flexibility index (Phi) is 5.18. The van der Waals surface area contributed by atoms with Crippen LogP contribution in [0.5, 0.6) is 0 Å². The van der Waals surface area contributed by atoms with Gasteiger partial charge in [0, 0.05) is 6.54 Å². The molecule has 1 saturated heterocycles. The molecule has 3 heteroatoms. The summed E-state index contributed by atoms with van der Waals surface area (Å²) in [6, 6.07) is 9.53. The standard InChI is InChI=1S/C17H26N2O/c1-13-7-9-16(10-8-13)11-18-17(20)12-19-14(2)5-4-6-15(19)3/h7-10,14-15H,4-6,11-12H2,1-3H3,(H,18,20)/p+1/t14-,15-/m1/s1. The van der Waals surface area contributed by atoms with Crippen LogP contribution in [0.15, 0.2) is 24.3 Å². The fourth-order valence-corrected chi connectivity index (χ4v) is 3.09. The molecule has 1 aliphatic rings. The van der Waals surface area contributed by atoms with Gasteiger partial charge in [-0.25, -0.2) is 0 Å². The van der Waals surface area contributed by atoms with Crippen molar-refractivity contribution in [3.63, 3.8) is 0 Å². The lowest BCUT2D eigenvalue weighted by Gasteiger charge is -2.35. The van der Waals surface area contributed by atoms with Crippen LogP contribution < -0.4 is 10.2 Å². The van der Waals surface area contributed by atoms with Crippen LogP contribution in [0.2, 0.25) is 0 Å². The van der Waals surface area contributed by atoms with Gasteiger partial charge in [0.2, 0.25) is 0 Å². The maximum atomic E-state index is 12.1. The maximum absolute atomic E-state index is 12.1. The molecule has 20 heavy (non-hydrogen) atoms. The Bertz CT molecular complexity index is 431. The normalized spacial score (nSPS) is 23.6. The molecule has 2 rings (SSSR count). The first-order chi connectivity index (χ1) is 9.56. The van der Waals surface area contributed by atoms with Crippen molar-refractivity contribution >= 4 is 5.91 Å². The van der Waals surface area contributed by atoms with Crippen molar-refractivity contribution in [1.29, 1.82) is 0 Å². The van der Waals surface area contributed by atoms with Crippen LogP contribution in [0.3, 0.4) is 0 Å². The van der Waals surface area contributed by atoms with E-state index < -0.39 is 0 Å². The summed E-state index contributed by atoms with van der Waals surface area (Å²) in [5, 5.41) is 3.05. The number of aryl methyl sites for hydroxylation is 1. The van der Waals surface area contributed by atoms with E-state index in [2.05, 4.69) is 50.4 Å². The third-order valence-corrected chi connectivity index (χ3v) is 4.52. The second-order valence-corrected chi connectivity index (χ2v) is 6.25. The third-order valence-electron chi connectivity index (χ3n) is 4.52. The van der Waals surface area contributed by atoms with E-state index in [1.807, 2.05) is 0 Å². The van der Waals surface area contributed by atoms with Gasteiger partial charge in [0.25, 0.3) is 5.91 Å². The number of carbonyl (C=O) groups excluding carboxylic acids is 1. The second-order valence-electron chi connectivity index (χ2n) is 6.25. The van der Waals surface area contributed by atoms with Crippen molar-refractivity contribution in [3.05, 3.63) is 35.4 Å². The molecule has 1 heterocycles. The van der Waals surface area contributed by atoms with E-state index in [1.165, 1.54) is 35.3 Å². The number of likely N-dealkylation sites (tertiary alicyclic amines) is 1. The smallest absolute Gasteiger partial charge is 0.275 e. The summed E-state index contributed by atoms with van der Waals surface area (Å²) in [7, 11) is 0. The van der Waals surface area contributed by atoms with E-state index >= 15 is 0 Å². The summed E-state index contributed by atoms with van der Waals surface area (Å²) >= 11 is 0. The molecule has 0 aliphatic carbocycles. The SMILES string of the molecule is Cc1ccc(CNC(=O)C[NH+]2[C@H](C)CCC[C@H]2C)cc1. The van der Waals surface area contributed by atoms with E-state index in [0.29, 0.717) is 25.2 Å². The summed E-state index contributed by atoms with van der Waals surface area (Å²) < 4.78 is 0. The van der Waals surface area contributed by atoms with Crippen LogP contribution >= 0.6 is 0 Å². The van der Waals surface area contributed by atoms with Crippen LogP contribution in [-0.2, 0) is 11.3 Å². The van der Waals surface area contributed by atoms with Crippen LogP contribution in [0, 0.1) is 6.92 Å². The molecule has 0 bridgehead atoms. The van der Waals surface area contributed by atoms with E-state index in [0.717, 1.165) is 0 Å². The maximum Gasteiger partial charge on any atom is 0.275 e. The molecule has 1 aromatic carbocycles. The van der Waals surface area contributed by atoms with Gasteiger partial charge < -0.3 is 10.2 Å². The van der Waals surface area contributed by atoms with Crippen molar-refractivity contribution in [2.45, 2.75) is 58.7 Å². The van der Waals surface area contributed by atoms with Gasteiger partial charge >= 0.3 is 0 Å². The molecule has 0 aromatic heterocycles. The average Bonchev–Trinajstić information content (AvgIpc) is 2.42. The van der Waals surface area contributed by atoms with E-state index in [-0.39, 0.29) is 5.91 Å². The minimum absolute atomic E-state index is 0.168. The van der Waals surface area contributed by atoms with Gasteiger partial charge in [0.1, 0.15) is 0 Å². The van der Waals surface area contributed by atoms with E-state index in [4.69, 9.17) is 0 Å². The first kappa shape index (κ1) is 15.0. The van der Waals surface area contributed by atoms with Crippen molar-refractivity contribution < 1.29 is 9.69 Å². The van der Waals surface area contributed by atoms with Crippen LogP contribution in [0.1, 0.15) is 44.2 Å². The largest absolute Gasteiger partial charge is 0.347 e. The lowest BCUT2D eigenvalue weighted by Crippen LogP contribution is -3.20. The van der Waals surface area contributed by atoms with Gasteiger partial charge in [0.05, 0.1) is 12.1 Å². The minimum Gasteiger partial charge on any atom is -0.347 e. The first-order valence-corrected chi connectivity index (χ1v) is 7.74. The zero-order valence-corrected chi connectivity index (χ0v) is 12.9. The monoisotopic (exact) mass is 275 g/mol. The van der Waals surface area contributed by atoms with Crippen molar-refractivity contribution in [2.24, 2.45) is 0 Å². The lowest BCUT2D eigenvalue weighted by molar-refractivity contribution is -0.944. The molecule has 0 radical (unpaired) electrons. The van der Waals surface area contributed by atoms with Crippen molar-refractivity contribution in [2.75, 3.05) is 6.54 Å². The number of amides is 1. The minimum atomic E-state index is 0.168. The predicted octanol–water partition coefficient (Wildman–Crippen LogP) is 1.46.